The minimum atomic E-state index is -2.02. The fraction of sp³-hybridized carbons (Fsp3) is 0.438. The quantitative estimate of drug-likeness (QED) is 0.539. The second-order valence-electron chi connectivity index (χ2n) is 5.55. The van der Waals surface area contributed by atoms with Crippen LogP contribution >= 0.6 is 0 Å². The molecule has 1 aromatic rings. The van der Waals surface area contributed by atoms with E-state index in [2.05, 4.69) is 39.1 Å². The fourth-order valence-corrected chi connectivity index (χ4v) is 5.70. The van der Waals surface area contributed by atoms with E-state index >= 15 is 0 Å². The summed E-state index contributed by atoms with van der Waals surface area (Å²) in [6.45, 7) is 10.2. The Morgan fingerprint density at radius 3 is 2.44 bits per heavy atom. The molecule has 0 radical (unpaired) electrons. The highest BCUT2D eigenvalue weighted by Gasteiger charge is 2.36. The van der Waals surface area contributed by atoms with E-state index in [1.807, 2.05) is 24.3 Å². The SMILES string of the molecule is C=CCC[Si](C)(C(=O)CC(C)C)c1ccccc1. The molecule has 1 rings (SSSR count). The number of rotatable bonds is 7. The van der Waals surface area contributed by atoms with Crippen LogP contribution in [-0.2, 0) is 4.79 Å². The Labute approximate surface area is 112 Å². The molecular formula is C16H24OSi. The van der Waals surface area contributed by atoms with Gasteiger partial charge in [0.25, 0.3) is 0 Å². The fourth-order valence-electron chi connectivity index (χ4n) is 2.24. The molecule has 0 spiro atoms. The lowest BCUT2D eigenvalue weighted by molar-refractivity contribution is -0.113. The van der Waals surface area contributed by atoms with Crippen LogP contribution in [0.1, 0.15) is 26.7 Å². The van der Waals surface area contributed by atoms with E-state index in [0.717, 1.165) is 12.5 Å². The summed E-state index contributed by atoms with van der Waals surface area (Å²) in [5.74, 6) is 0.441. The van der Waals surface area contributed by atoms with Crippen LogP contribution in [0, 0.1) is 5.92 Å². The molecule has 0 aliphatic rings. The van der Waals surface area contributed by atoms with Gasteiger partial charge < -0.3 is 4.79 Å². The first kappa shape index (κ1) is 14.9. The van der Waals surface area contributed by atoms with E-state index in [1.165, 1.54) is 5.19 Å². The number of hydrogen-bond donors (Lipinski definition) is 0. The lowest BCUT2D eigenvalue weighted by atomic mass is 10.2. The molecule has 98 valence electrons. The Bertz CT molecular complexity index is 397. The van der Waals surface area contributed by atoms with Gasteiger partial charge in [0.15, 0.2) is 8.07 Å². The molecule has 0 aliphatic carbocycles. The van der Waals surface area contributed by atoms with Crippen LogP contribution in [0.25, 0.3) is 0 Å². The molecule has 0 amide bonds. The molecule has 1 unspecified atom stereocenters. The molecule has 18 heavy (non-hydrogen) atoms. The topological polar surface area (TPSA) is 17.1 Å². The van der Waals surface area contributed by atoms with Gasteiger partial charge in [-0.2, -0.15) is 0 Å². The zero-order valence-corrected chi connectivity index (χ0v) is 12.8. The molecule has 0 fully saturated rings. The Morgan fingerprint density at radius 1 is 1.33 bits per heavy atom. The summed E-state index contributed by atoms with van der Waals surface area (Å²) >= 11 is 0. The number of hydrogen-bond acceptors (Lipinski definition) is 1. The summed E-state index contributed by atoms with van der Waals surface area (Å²) in [6.07, 6.45) is 3.56. The van der Waals surface area contributed by atoms with Gasteiger partial charge in [0, 0.05) is 6.42 Å². The third-order valence-electron chi connectivity index (χ3n) is 3.47. The van der Waals surface area contributed by atoms with Crippen LogP contribution in [0.3, 0.4) is 0 Å². The van der Waals surface area contributed by atoms with E-state index in [4.69, 9.17) is 0 Å². The molecular weight excluding hydrogens is 236 g/mol. The molecule has 0 heterocycles. The van der Waals surface area contributed by atoms with Crippen molar-refractivity contribution in [3.05, 3.63) is 43.0 Å². The minimum absolute atomic E-state index is 0.441. The van der Waals surface area contributed by atoms with Crippen LogP contribution < -0.4 is 5.19 Å². The van der Waals surface area contributed by atoms with Crippen LogP contribution in [0.4, 0.5) is 0 Å². The first-order valence-electron chi connectivity index (χ1n) is 6.70. The average molecular weight is 260 g/mol. The highest BCUT2D eigenvalue weighted by Crippen LogP contribution is 2.18. The summed E-state index contributed by atoms with van der Waals surface area (Å²) in [4.78, 5) is 12.6. The Kier molecular flexibility index (Phi) is 5.54. The summed E-state index contributed by atoms with van der Waals surface area (Å²) in [5.41, 5.74) is 0. The lowest BCUT2D eigenvalue weighted by Gasteiger charge is -2.26. The van der Waals surface area contributed by atoms with Gasteiger partial charge in [0.1, 0.15) is 5.41 Å². The highest BCUT2D eigenvalue weighted by molar-refractivity contribution is 7.13. The largest absolute Gasteiger partial charge is 0.305 e. The van der Waals surface area contributed by atoms with Gasteiger partial charge in [-0.05, 0) is 18.4 Å². The normalized spacial score (nSPS) is 14.2. The van der Waals surface area contributed by atoms with Crippen LogP contribution in [-0.4, -0.2) is 13.5 Å². The predicted octanol–water partition coefficient (Wildman–Crippen LogP) is 3.70. The molecule has 2 heteroatoms. The molecule has 0 N–H and O–H groups in total. The highest BCUT2D eigenvalue weighted by atomic mass is 28.3. The van der Waals surface area contributed by atoms with Crippen LogP contribution in [0.5, 0.6) is 0 Å². The van der Waals surface area contributed by atoms with Crippen molar-refractivity contribution in [2.24, 2.45) is 5.92 Å². The molecule has 1 atom stereocenters. The molecule has 0 bridgehead atoms. The summed E-state index contributed by atoms with van der Waals surface area (Å²) in [6, 6.07) is 11.3. The Balaban J connectivity index is 3.02. The molecule has 0 saturated carbocycles. The van der Waals surface area contributed by atoms with Gasteiger partial charge in [0.2, 0.25) is 0 Å². The van der Waals surface area contributed by atoms with Crippen LogP contribution in [0.2, 0.25) is 12.6 Å². The molecule has 0 aromatic heterocycles. The standard InChI is InChI=1S/C16H24OSi/c1-5-6-12-18(4,16(17)13-14(2)3)15-10-8-7-9-11-15/h5,7-11,14H,1,6,12-13H2,2-4H3. The maximum atomic E-state index is 12.6. The first-order chi connectivity index (χ1) is 8.50. The van der Waals surface area contributed by atoms with Gasteiger partial charge in [-0.15, -0.1) is 6.58 Å². The van der Waals surface area contributed by atoms with Crippen molar-refractivity contribution in [3.63, 3.8) is 0 Å². The molecule has 0 aliphatic heterocycles. The second kappa shape index (κ2) is 6.69. The number of allylic oxidation sites excluding steroid dienone is 1. The number of carbonyl (C=O) groups is 1. The number of benzene rings is 1. The molecule has 0 saturated heterocycles. The van der Waals surface area contributed by atoms with Crippen molar-refractivity contribution in [2.45, 2.75) is 39.3 Å². The third kappa shape index (κ3) is 3.67. The predicted molar refractivity (Wildman–Crippen MR) is 81.8 cm³/mol. The lowest BCUT2D eigenvalue weighted by Crippen LogP contribution is -2.52. The van der Waals surface area contributed by atoms with Crippen molar-refractivity contribution in [1.29, 1.82) is 0 Å². The molecule has 1 aromatic carbocycles. The summed E-state index contributed by atoms with van der Waals surface area (Å²) in [5, 5.41) is 1.74. The van der Waals surface area contributed by atoms with Crippen LogP contribution in [0.15, 0.2) is 43.0 Å². The van der Waals surface area contributed by atoms with Gasteiger partial charge >= 0.3 is 0 Å². The smallest absolute Gasteiger partial charge is 0.160 e. The average Bonchev–Trinajstić information content (AvgIpc) is 2.36. The van der Waals surface area contributed by atoms with Gasteiger partial charge in [-0.1, -0.05) is 62.0 Å². The van der Waals surface area contributed by atoms with E-state index in [9.17, 15) is 4.79 Å². The van der Waals surface area contributed by atoms with E-state index in [0.29, 0.717) is 17.7 Å². The zero-order chi connectivity index (χ0) is 13.6. The Morgan fingerprint density at radius 2 is 1.94 bits per heavy atom. The van der Waals surface area contributed by atoms with Gasteiger partial charge in [-0.25, -0.2) is 0 Å². The van der Waals surface area contributed by atoms with Crippen molar-refractivity contribution in [3.8, 4) is 0 Å². The maximum absolute atomic E-state index is 12.6. The maximum Gasteiger partial charge on any atom is 0.160 e. The van der Waals surface area contributed by atoms with E-state index in [1.54, 1.807) is 0 Å². The third-order valence-corrected chi connectivity index (χ3v) is 7.80. The summed E-state index contributed by atoms with van der Waals surface area (Å²) < 4.78 is 0. The minimum Gasteiger partial charge on any atom is -0.305 e. The van der Waals surface area contributed by atoms with E-state index in [-0.39, 0.29) is 0 Å². The zero-order valence-electron chi connectivity index (χ0n) is 11.8. The van der Waals surface area contributed by atoms with Crippen molar-refractivity contribution in [2.75, 3.05) is 0 Å². The second-order valence-corrected chi connectivity index (χ2v) is 9.85. The Hall–Kier alpha value is -1.15. The van der Waals surface area contributed by atoms with Gasteiger partial charge in [0.05, 0.1) is 0 Å². The van der Waals surface area contributed by atoms with Gasteiger partial charge in [-0.3, -0.25) is 0 Å². The molecule has 1 nitrogen and oxygen atoms in total. The first-order valence-corrected chi connectivity index (χ1v) is 9.41. The van der Waals surface area contributed by atoms with Crippen molar-refractivity contribution >= 4 is 18.7 Å². The van der Waals surface area contributed by atoms with E-state index < -0.39 is 8.07 Å². The number of carbonyl (C=O) groups excluding carboxylic acids is 1. The summed E-state index contributed by atoms with van der Waals surface area (Å²) in [7, 11) is -2.02. The monoisotopic (exact) mass is 260 g/mol. The van der Waals surface area contributed by atoms with Crippen molar-refractivity contribution in [1.82, 2.24) is 0 Å². The van der Waals surface area contributed by atoms with Crippen molar-refractivity contribution < 1.29 is 4.79 Å².